The minimum atomic E-state index is -1.70. The Balaban J connectivity index is 4.71. The molecule has 0 bridgehead atoms. The second kappa shape index (κ2) is 12.8. The molecule has 0 atom stereocenters. The van der Waals surface area contributed by atoms with E-state index in [0.717, 1.165) is 38.5 Å². The van der Waals surface area contributed by atoms with Crippen molar-refractivity contribution in [3.8, 4) is 0 Å². The van der Waals surface area contributed by atoms with Crippen LogP contribution in [-0.2, 0) is 43.1 Å². The van der Waals surface area contributed by atoms with Crippen molar-refractivity contribution in [3.63, 3.8) is 0 Å². The van der Waals surface area contributed by atoms with E-state index in [4.69, 9.17) is 17.5 Å². The normalized spacial score (nSPS) is 11.5. The average molecular weight is 323 g/mol. The van der Waals surface area contributed by atoms with Crippen LogP contribution >= 0.6 is 0 Å². The molecule has 0 amide bonds. The van der Waals surface area contributed by atoms with Crippen molar-refractivity contribution in [1.82, 2.24) is 0 Å². The van der Waals surface area contributed by atoms with Gasteiger partial charge in [0.1, 0.15) is 0 Å². The standard InChI is InChI=1S/C14H28O5.Ti/c1-4-7-10-17-14(13(15)16,18-11-8-5-2)19-12-9-6-3;/h4-12H2,1-3H3,(H,15,16);/q;+1/p-1. The predicted molar refractivity (Wildman–Crippen MR) is 71.4 cm³/mol. The summed E-state index contributed by atoms with van der Waals surface area (Å²) in [7, 11) is 0. The van der Waals surface area contributed by atoms with E-state index in [-0.39, 0.29) is 0 Å². The first-order valence-electron chi connectivity index (χ1n) is 7.46. The monoisotopic (exact) mass is 323 g/mol. The third-order valence-electron chi connectivity index (χ3n) is 2.71. The van der Waals surface area contributed by atoms with Crippen molar-refractivity contribution in [2.24, 2.45) is 0 Å². The van der Waals surface area contributed by atoms with Gasteiger partial charge in [-0.25, -0.2) is 0 Å². The number of rotatable bonds is 13. The first-order valence-corrected chi connectivity index (χ1v) is 8.10. The average Bonchev–Trinajstić information content (AvgIpc) is 2.46. The summed E-state index contributed by atoms with van der Waals surface area (Å²) >= 11 is 1.31. The Hall–Kier alpha value is 0.0643. The van der Waals surface area contributed by atoms with Crippen molar-refractivity contribution >= 4 is 5.97 Å². The number of ether oxygens (including phenoxy) is 3. The molecule has 0 spiro atoms. The van der Waals surface area contributed by atoms with Crippen molar-refractivity contribution in [2.45, 2.75) is 65.3 Å². The maximum atomic E-state index is 12.0. The number of unbranched alkanes of at least 4 members (excludes halogenated alkanes) is 3. The number of carbonyl (C=O) groups is 1. The fourth-order valence-electron chi connectivity index (χ4n) is 1.42. The third kappa shape index (κ3) is 7.74. The van der Waals surface area contributed by atoms with E-state index in [0.29, 0.717) is 19.8 Å². The maximum absolute atomic E-state index is 12.0. The molecule has 0 unspecified atom stereocenters. The Kier molecular flexibility index (Phi) is 12.8. The molecule has 5 nitrogen and oxygen atoms in total. The molecule has 0 aliphatic rings. The van der Waals surface area contributed by atoms with Crippen LogP contribution in [0.5, 0.6) is 0 Å². The number of hydrogen-bond donors (Lipinski definition) is 0. The van der Waals surface area contributed by atoms with Crippen LogP contribution in [0.15, 0.2) is 0 Å². The van der Waals surface area contributed by atoms with E-state index in [1.165, 1.54) is 20.8 Å². The molecule has 0 aromatic carbocycles. The number of hydrogen-bond acceptors (Lipinski definition) is 5. The van der Waals surface area contributed by atoms with Gasteiger partial charge in [-0.15, -0.1) is 0 Å². The van der Waals surface area contributed by atoms with Crippen LogP contribution in [0.2, 0.25) is 0 Å². The van der Waals surface area contributed by atoms with Crippen molar-refractivity contribution < 1.29 is 43.1 Å². The fraction of sp³-hybridized carbons (Fsp3) is 0.929. The summed E-state index contributed by atoms with van der Waals surface area (Å²) in [5.74, 6) is -2.32. The van der Waals surface area contributed by atoms with Crippen molar-refractivity contribution in [2.75, 3.05) is 19.8 Å². The van der Waals surface area contributed by atoms with Crippen LogP contribution in [0.1, 0.15) is 59.3 Å². The Morgan fingerprint density at radius 1 is 0.850 bits per heavy atom. The van der Waals surface area contributed by atoms with E-state index in [2.05, 4.69) is 20.8 Å². The molecule has 0 heterocycles. The number of carbonyl (C=O) groups excluding carboxylic acids is 1. The Morgan fingerprint density at radius 3 is 1.45 bits per heavy atom. The van der Waals surface area contributed by atoms with Gasteiger partial charge in [-0.2, -0.15) is 0 Å². The second-order valence-corrected chi connectivity index (χ2v) is 4.87. The van der Waals surface area contributed by atoms with Crippen LogP contribution in [0.4, 0.5) is 0 Å². The fourth-order valence-corrected chi connectivity index (χ4v) is 1.61. The van der Waals surface area contributed by atoms with Gasteiger partial charge in [0, 0.05) is 0 Å². The summed E-state index contributed by atoms with van der Waals surface area (Å²) in [6.07, 6.45) is 5.44. The zero-order valence-corrected chi connectivity index (χ0v) is 14.5. The molecule has 6 heteroatoms. The van der Waals surface area contributed by atoms with Gasteiger partial charge in [-0.1, -0.05) is 0 Å². The van der Waals surface area contributed by atoms with E-state index in [1.54, 1.807) is 0 Å². The molecule has 0 aromatic rings. The first kappa shape index (κ1) is 20.1. The van der Waals surface area contributed by atoms with Crippen molar-refractivity contribution in [3.05, 3.63) is 0 Å². The molecule has 0 N–H and O–H groups in total. The minimum absolute atomic E-state index is 0.407. The molecule has 0 aromatic heterocycles. The van der Waals surface area contributed by atoms with E-state index in [1.807, 2.05) is 0 Å². The van der Waals surface area contributed by atoms with Crippen LogP contribution in [0, 0.1) is 0 Å². The van der Waals surface area contributed by atoms with Gasteiger partial charge in [-0.3, -0.25) is 0 Å². The summed E-state index contributed by atoms with van der Waals surface area (Å²) in [6.45, 7) is 7.38. The Labute approximate surface area is 134 Å². The molecule has 20 heavy (non-hydrogen) atoms. The summed E-state index contributed by atoms with van der Waals surface area (Å²) in [5.41, 5.74) is 0. The molecule has 0 saturated carbocycles. The Morgan fingerprint density at radius 2 is 1.20 bits per heavy atom. The summed E-state index contributed by atoms with van der Waals surface area (Å²) in [5, 5.41) is 0. The molecule has 0 aliphatic carbocycles. The summed E-state index contributed by atoms with van der Waals surface area (Å²) in [4.78, 5) is 12.0. The van der Waals surface area contributed by atoms with Gasteiger partial charge in [0.15, 0.2) is 0 Å². The SMILES string of the molecule is CCCCOC(OCCCC)(OCCCC)C(=O)[O][Ti]. The van der Waals surface area contributed by atoms with E-state index in [9.17, 15) is 4.79 Å². The quantitative estimate of drug-likeness (QED) is 0.296. The molecule has 0 radical (unpaired) electrons. The van der Waals surface area contributed by atoms with Crippen LogP contribution < -0.4 is 0 Å². The summed E-state index contributed by atoms with van der Waals surface area (Å²) < 4.78 is 21.6. The van der Waals surface area contributed by atoms with Gasteiger partial charge in [0.05, 0.1) is 0 Å². The second-order valence-electron chi connectivity index (χ2n) is 4.55. The van der Waals surface area contributed by atoms with Gasteiger partial charge < -0.3 is 0 Å². The molecular formula is C14H27O5Ti. The van der Waals surface area contributed by atoms with E-state index >= 15 is 0 Å². The van der Waals surface area contributed by atoms with E-state index < -0.39 is 11.9 Å². The van der Waals surface area contributed by atoms with Gasteiger partial charge in [0.2, 0.25) is 0 Å². The molecular weight excluding hydrogens is 296 g/mol. The zero-order valence-electron chi connectivity index (χ0n) is 12.9. The Bertz CT molecular complexity index is 221. The predicted octanol–water partition coefficient (Wildman–Crippen LogP) is 3.10. The molecule has 0 saturated heterocycles. The zero-order chi connectivity index (χ0) is 15.3. The molecule has 0 fully saturated rings. The molecule has 0 aliphatic heterocycles. The third-order valence-corrected chi connectivity index (χ3v) is 3.00. The first-order chi connectivity index (χ1) is 9.66. The topological polar surface area (TPSA) is 54.0 Å². The molecule has 117 valence electrons. The van der Waals surface area contributed by atoms with Crippen LogP contribution in [0.25, 0.3) is 0 Å². The van der Waals surface area contributed by atoms with Crippen LogP contribution in [-0.4, -0.2) is 31.8 Å². The van der Waals surface area contributed by atoms with Gasteiger partial charge in [0.25, 0.3) is 0 Å². The van der Waals surface area contributed by atoms with Gasteiger partial charge in [-0.05, 0) is 0 Å². The van der Waals surface area contributed by atoms with Gasteiger partial charge >= 0.3 is 134 Å². The molecule has 0 rings (SSSR count). The summed E-state index contributed by atoms with van der Waals surface area (Å²) in [6, 6.07) is 0. The van der Waals surface area contributed by atoms with Crippen molar-refractivity contribution in [1.29, 1.82) is 0 Å². The van der Waals surface area contributed by atoms with Crippen LogP contribution in [0.3, 0.4) is 0 Å².